The maximum atomic E-state index is 12.7. The zero-order valence-electron chi connectivity index (χ0n) is 42.5. The fourth-order valence-corrected chi connectivity index (χ4v) is 10.8. The minimum absolute atomic E-state index is 0.0791. The van der Waals surface area contributed by atoms with Crippen LogP contribution in [0.25, 0.3) is 44.6 Å². The second-order valence-electron chi connectivity index (χ2n) is 21.3. The molecular formula is C52H68N14O4Si2. The van der Waals surface area contributed by atoms with Crippen molar-refractivity contribution in [3.63, 3.8) is 0 Å². The van der Waals surface area contributed by atoms with Gasteiger partial charge in [-0.1, -0.05) is 69.6 Å². The second-order valence-corrected chi connectivity index (χ2v) is 32.5. The zero-order chi connectivity index (χ0) is 50.7. The highest BCUT2D eigenvalue weighted by Crippen LogP contribution is 2.34. The van der Waals surface area contributed by atoms with Gasteiger partial charge in [-0.15, -0.1) is 0 Å². The number of carbonyl (C=O) groups excluding carboxylic acids is 1. The Morgan fingerprint density at radius 1 is 0.736 bits per heavy atom. The minimum Gasteiger partial charge on any atom is -0.445 e. The summed E-state index contributed by atoms with van der Waals surface area (Å²) in [4.78, 5) is 32.6. The molecule has 20 heteroatoms. The maximum Gasteiger partial charge on any atom is 0.410 e. The Morgan fingerprint density at radius 3 is 1.78 bits per heavy atom. The molecule has 1 N–H and O–H groups in total. The highest BCUT2D eigenvalue weighted by atomic mass is 28.3. The van der Waals surface area contributed by atoms with Crippen molar-refractivity contribution in [1.29, 1.82) is 10.5 Å². The van der Waals surface area contributed by atoms with E-state index in [1.54, 1.807) is 23.8 Å². The fourth-order valence-electron chi connectivity index (χ4n) is 9.26. The van der Waals surface area contributed by atoms with Crippen LogP contribution in [-0.2, 0) is 34.3 Å². The van der Waals surface area contributed by atoms with Crippen molar-refractivity contribution < 1.29 is 19.0 Å². The molecule has 2 saturated heterocycles. The largest absolute Gasteiger partial charge is 0.445 e. The van der Waals surface area contributed by atoms with E-state index in [0.717, 1.165) is 101 Å². The Labute approximate surface area is 424 Å². The predicted molar refractivity (Wildman–Crippen MR) is 282 cm³/mol. The van der Waals surface area contributed by atoms with E-state index < -0.39 is 16.1 Å². The summed E-state index contributed by atoms with van der Waals surface area (Å²) in [6, 6.07) is 20.5. The topological polar surface area (TPSA) is 205 Å². The van der Waals surface area contributed by atoms with Gasteiger partial charge in [-0.05, 0) is 55.1 Å². The average molecular weight is 1010 g/mol. The molecule has 4 atom stereocenters. The lowest BCUT2D eigenvalue weighted by Crippen LogP contribution is -2.31. The van der Waals surface area contributed by atoms with E-state index >= 15 is 0 Å². The number of benzene rings is 1. The number of hydrogen-bond acceptors (Lipinski definition) is 13. The fraction of sp³-hybridized carbons (Fsp3) is 0.481. The van der Waals surface area contributed by atoms with Crippen LogP contribution in [-0.4, -0.2) is 115 Å². The van der Waals surface area contributed by atoms with Crippen LogP contribution < -0.4 is 5.32 Å². The van der Waals surface area contributed by atoms with Crippen molar-refractivity contribution in [2.75, 3.05) is 39.4 Å². The molecule has 0 bridgehead atoms. The third-order valence-electron chi connectivity index (χ3n) is 13.5. The molecule has 0 radical (unpaired) electrons. The number of nitrogens with one attached hydrogen (secondary N) is 1. The number of rotatable bonds is 20. The summed E-state index contributed by atoms with van der Waals surface area (Å²) in [5.74, 6) is 0.513. The van der Waals surface area contributed by atoms with Crippen molar-refractivity contribution in [3.8, 4) is 34.7 Å². The van der Waals surface area contributed by atoms with Gasteiger partial charge in [0.05, 0.1) is 60.8 Å². The van der Waals surface area contributed by atoms with Gasteiger partial charge in [-0.3, -0.25) is 9.36 Å². The second kappa shape index (κ2) is 23.8. The molecule has 378 valence electrons. The van der Waals surface area contributed by atoms with E-state index in [-0.39, 0.29) is 30.7 Å². The number of likely N-dealkylation sites (tertiary alicyclic amines) is 1. The van der Waals surface area contributed by atoms with Crippen molar-refractivity contribution in [1.82, 2.24) is 58.8 Å². The Hall–Kier alpha value is -6.56. The van der Waals surface area contributed by atoms with Gasteiger partial charge in [0.15, 0.2) is 0 Å². The van der Waals surface area contributed by atoms with Crippen LogP contribution >= 0.6 is 0 Å². The molecule has 1 aromatic carbocycles. The van der Waals surface area contributed by atoms with Gasteiger partial charge < -0.3 is 33.6 Å². The van der Waals surface area contributed by atoms with Gasteiger partial charge in [0, 0.05) is 102 Å². The SMILES string of the molecule is C[Si](C)(C)CCOCn1ccc2c(-c3cnn(C(CC#N)C4CCN(C(=O)OCc5ccccc5)C4)c3)ncnc21.C[Si](C)(C)CCOCn1ccc2c(-c3cnn(C(CC#N)C4CCNC4)c3)ncnc21. The molecule has 0 aliphatic carbocycles. The van der Waals surface area contributed by atoms with Gasteiger partial charge in [0.25, 0.3) is 0 Å². The maximum absolute atomic E-state index is 12.7. The summed E-state index contributed by atoms with van der Waals surface area (Å²) in [6.07, 6.45) is 17.0. The van der Waals surface area contributed by atoms with E-state index in [1.807, 2.05) is 91.9 Å². The molecule has 0 saturated carbocycles. The van der Waals surface area contributed by atoms with Crippen molar-refractivity contribution in [3.05, 3.63) is 97.9 Å². The molecule has 2 aliphatic heterocycles. The van der Waals surface area contributed by atoms with Crippen molar-refractivity contribution in [2.45, 2.75) is 109 Å². The third kappa shape index (κ3) is 13.3. The molecule has 6 aromatic heterocycles. The number of carbonyl (C=O) groups is 1. The summed E-state index contributed by atoms with van der Waals surface area (Å²) in [5, 5.41) is 33.5. The number of ether oxygens (including phenoxy) is 3. The van der Waals surface area contributed by atoms with E-state index in [4.69, 9.17) is 14.2 Å². The molecule has 72 heavy (non-hydrogen) atoms. The molecule has 4 unspecified atom stereocenters. The third-order valence-corrected chi connectivity index (χ3v) is 16.9. The Bertz CT molecular complexity index is 2950. The van der Waals surface area contributed by atoms with Crippen LogP contribution in [0.3, 0.4) is 0 Å². The number of hydrogen-bond donors (Lipinski definition) is 1. The molecular weight excluding hydrogens is 941 g/mol. The van der Waals surface area contributed by atoms with E-state index in [2.05, 4.69) is 86.9 Å². The predicted octanol–water partition coefficient (Wildman–Crippen LogP) is 9.39. The molecule has 2 aliphatic rings. The quantitative estimate of drug-likeness (QED) is 0.0559. The molecule has 8 heterocycles. The number of nitrogens with zero attached hydrogens (tertiary/aromatic N) is 13. The van der Waals surface area contributed by atoms with Gasteiger partial charge in [-0.2, -0.15) is 20.7 Å². The number of amides is 1. The number of aromatic nitrogens is 10. The lowest BCUT2D eigenvalue weighted by Gasteiger charge is -2.22. The molecule has 9 rings (SSSR count). The molecule has 2 fully saturated rings. The van der Waals surface area contributed by atoms with Gasteiger partial charge in [-0.25, -0.2) is 24.7 Å². The molecule has 7 aromatic rings. The lowest BCUT2D eigenvalue weighted by atomic mass is 9.96. The average Bonchev–Trinajstić information content (AvgIpc) is 4.24. The van der Waals surface area contributed by atoms with E-state index in [0.29, 0.717) is 45.3 Å². The smallest absolute Gasteiger partial charge is 0.410 e. The summed E-state index contributed by atoms with van der Waals surface area (Å²) < 4.78 is 25.2. The molecule has 1 amide bonds. The molecule has 18 nitrogen and oxygen atoms in total. The summed E-state index contributed by atoms with van der Waals surface area (Å²) in [6.45, 7) is 19.8. The van der Waals surface area contributed by atoms with Gasteiger partial charge >= 0.3 is 6.09 Å². The lowest BCUT2D eigenvalue weighted by molar-refractivity contribution is 0.0898. The summed E-state index contributed by atoms with van der Waals surface area (Å²) in [7, 11) is -2.25. The first-order valence-electron chi connectivity index (χ1n) is 25.0. The van der Waals surface area contributed by atoms with Crippen LogP contribution in [0.15, 0.2) is 92.3 Å². The highest BCUT2D eigenvalue weighted by Gasteiger charge is 2.34. The number of nitriles is 2. The Kier molecular flexibility index (Phi) is 17.1. The highest BCUT2D eigenvalue weighted by molar-refractivity contribution is 6.76. The summed E-state index contributed by atoms with van der Waals surface area (Å²) in [5.41, 5.74) is 6.07. The minimum atomic E-state index is -1.15. The Morgan fingerprint density at radius 2 is 1.28 bits per heavy atom. The number of fused-ring (bicyclic) bond motifs is 2. The van der Waals surface area contributed by atoms with Crippen LogP contribution in [0, 0.1) is 34.5 Å². The van der Waals surface area contributed by atoms with Gasteiger partial charge in [0.1, 0.15) is 44.0 Å². The van der Waals surface area contributed by atoms with Crippen LogP contribution in [0.2, 0.25) is 51.4 Å². The molecule has 0 spiro atoms. The Balaban J connectivity index is 0.000000200. The van der Waals surface area contributed by atoms with E-state index in [9.17, 15) is 15.3 Å². The van der Waals surface area contributed by atoms with Gasteiger partial charge in [0.2, 0.25) is 0 Å². The van der Waals surface area contributed by atoms with E-state index in [1.165, 1.54) is 0 Å². The standard InChI is InChI=1S/C30H37N7O3Si.C22H31N7OSi/c1-41(2,3)16-15-39-22-36-14-11-26-28(32-21-33-29(26)36)25-17-34-37(19-25)27(9-12-31)24-10-13-35(18-24)30(38)40-20-23-7-5-4-6-8-23;1-31(2,3)11-10-30-16-28-9-6-19-21(25-15-26-22(19)28)18-13-27-29(14-18)20(4-7-23)17-5-8-24-12-17/h4-8,11,14,17,19,21,24,27H,9-10,13,15-16,18,20,22H2,1-3H3;6,9,13-15,17,20,24H,4-5,8,10-12,16H2,1-3H3. The first kappa shape index (κ1) is 51.8. The van der Waals surface area contributed by atoms with Crippen molar-refractivity contribution in [2.24, 2.45) is 11.8 Å². The van der Waals surface area contributed by atoms with Crippen LogP contribution in [0.5, 0.6) is 0 Å². The summed E-state index contributed by atoms with van der Waals surface area (Å²) >= 11 is 0. The zero-order valence-corrected chi connectivity index (χ0v) is 44.5. The van der Waals surface area contributed by atoms with Crippen LogP contribution in [0.1, 0.15) is 43.3 Å². The first-order chi connectivity index (χ1) is 34.8. The van der Waals surface area contributed by atoms with Crippen LogP contribution in [0.4, 0.5) is 4.79 Å². The van der Waals surface area contributed by atoms with Crippen molar-refractivity contribution >= 4 is 44.3 Å². The monoisotopic (exact) mass is 1010 g/mol. The normalized spacial score (nSPS) is 16.9. The first-order valence-corrected chi connectivity index (χ1v) is 32.4.